The van der Waals surface area contributed by atoms with E-state index in [-0.39, 0.29) is 93.1 Å². The molecule has 0 saturated heterocycles. The predicted octanol–water partition coefficient (Wildman–Crippen LogP) is 15.9. The van der Waals surface area contributed by atoms with E-state index in [2.05, 4.69) is 30.6 Å². The Labute approximate surface area is 641 Å². The number of carboxylic acids is 1. The summed E-state index contributed by atoms with van der Waals surface area (Å²) < 4.78 is 151. The van der Waals surface area contributed by atoms with Gasteiger partial charge in [-0.2, -0.15) is 0 Å². The molecule has 0 unspecified atom stereocenters. The Hall–Kier alpha value is -11.1. The van der Waals surface area contributed by atoms with E-state index in [0.29, 0.717) is 68.6 Å². The number of Topliss-reactive ketones (excluding diaryl/α,β-unsaturated/α-hetero) is 1. The number of sulfone groups is 3. The number of non-ortho nitro benzene ring substituents is 2. The molecule has 0 atom stereocenters. The number of thiocarbonyl (C=S) groups is 1. The third kappa shape index (κ3) is 22.0. The average Bonchev–Trinajstić information content (AvgIpc) is 1.64. The normalized spacial score (nSPS) is 11.0. The quantitative estimate of drug-likeness (QED) is 0.0125. The number of ketones is 1. The molecule has 5 N–H and O–H groups in total. The van der Waals surface area contributed by atoms with Gasteiger partial charge in [-0.1, -0.05) is 30.3 Å². The second-order valence-electron chi connectivity index (χ2n) is 21.9. The zero-order valence-corrected chi connectivity index (χ0v) is 63.4. The van der Waals surface area contributed by atoms with Gasteiger partial charge >= 0.3 is 0 Å². The molecule has 8 heterocycles. The molecule has 1 amide bonds. The molecule has 0 aliphatic carbocycles. The number of carbonyl (C=O) groups is 3. The fraction of sp³-hybridized carbons (Fsp3) is 0.0882. The van der Waals surface area contributed by atoms with E-state index in [1.807, 2.05) is 30.3 Å². The zero-order valence-electron chi connectivity index (χ0n) is 55.7. The van der Waals surface area contributed by atoms with Crippen molar-refractivity contribution in [2.45, 2.75) is 32.9 Å². The van der Waals surface area contributed by atoms with Crippen LogP contribution in [-0.2, 0) is 62.6 Å². The second kappa shape index (κ2) is 35.6. The fourth-order valence-corrected chi connectivity index (χ4v) is 16.0. The number of hydrogen-bond donors (Lipinski definition) is 4. The smallest absolute Gasteiger partial charge is 0.300 e. The molecule has 13 rings (SSSR count). The van der Waals surface area contributed by atoms with E-state index in [1.165, 1.54) is 104 Å². The number of carboxylic acid groups (broad SMARTS) is 1. The van der Waals surface area contributed by atoms with Crippen LogP contribution < -0.4 is 35.3 Å². The summed E-state index contributed by atoms with van der Waals surface area (Å²) in [5.41, 5.74) is 8.10. The van der Waals surface area contributed by atoms with Crippen molar-refractivity contribution in [2.24, 2.45) is 0 Å². The number of carbonyl (C=O) groups excluding carboxylic acids is 2. The Morgan fingerprint density at radius 1 is 0.500 bits per heavy atom. The molecule has 0 radical (unpaired) electrons. The topological polar surface area (TPSA) is 399 Å². The van der Waals surface area contributed by atoms with Gasteiger partial charge in [-0.15, -0.1) is 45.3 Å². The van der Waals surface area contributed by atoms with Gasteiger partial charge in [-0.3, -0.25) is 54.5 Å². The minimum absolute atomic E-state index is 0. The number of nitrogens with one attached hydrogen (secondary N) is 2. The first kappa shape index (κ1) is 82.6. The van der Waals surface area contributed by atoms with Crippen LogP contribution in [0.2, 0.25) is 0 Å². The van der Waals surface area contributed by atoms with Gasteiger partial charge in [0.15, 0.2) is 86.7 Å². The number of hydrogen-bond acceptors (Lipinski definition) is 27. The number of fused-ring (bicyclic) bond motifs is 4. The van der Waals surface area contributed by atoms with Crippen LogP contribution in [0.1, 0.15) is 29.1 Å². The molecule has 108 heavy (non-hydrogen) atoms. The van der Waals surface area contributed by atoms with Crippen LogP contribution >= 0.6 is 57.6 Å². The van der Waals surface area contributed by atoms with Gasteiger partial charge in [-0.05, 0) is 85.4 Å². The monoisotopic (exact) mass is 1670 g/mol. The number of ether oxygens (including phenoxy) is 4. The molecule has 0 aliphatic rings. The van der Waals surface area contributed by atoms with E-state index in [1.54, 1.807) is 24.3 Å². The molecular formula is C68H51F4FeN9O18S8. The zero-order chi connectivity index (χ0) is 77.8. The van der Waals surface area contributed by atoms with E-state index in [9.17, 15) is 72.6 Å². The standard InChI is InChI=1S/C23H18FN3O4S3.C15H9FN2O4S.C14H9FN2O5S2.C14H11FN2O3S2.C2H4O2.Fe/c1-34(29,30)21-13-17-22(33-21)19(9-10-25-17)31-18-8-7-15(12-16(18)24)26-23(32)27-20(28)11-14-5-3-2-4-6-14;1-8(19)14-7-11-15(23-14)13(4-5-17-11)22-12-3-2-9(18(20)21)6-10(12)16;1-24(20,21)13-7-10-14(23-13)12(4-5-16-10)22-11-3-2-8(17(18)19)6-9(11)15;1-22(18,19)13-7-10-14(21-13)12(4-5-17-10)20-11-3-2-8(16)6-9(11)15;1-2(3)4;/h2-10,12-13H,11H2,1H3,(H2,26,27,28,32);2-7H,1H3;2-7H,1H3;2-7H,16H2,1H3;1H3,(H,3,4);. The SMILES string of the molecule is CC(=O)O.CC(=O)c1cc2nccc(Oc3ccc([N+](=O)[O-])cc3F)c2s1.CS(=O)(=O)c1cc2nccc(Oc3ccc(N)cc3F)c2s1.CS(=O)(=O)c1cc2nccc(Oc3ccc(NC(=S)NC(=O)Cc4ccccc4)cc3F)c2s1.CS(=O)(=O)c1cc2nccc(Oc3ccc([N+](=O)[O-])cc3F)c2s1.[Fe]. The Morgan fingerprint density at radius 3 is 1.19 bits per heavy atom. The van der Waals surface area contributed by atoms with Crippen molar-refractivity contribution < 1.29 is 108 Å². The van der Waals surface area contributed by atoms with E-state index < -0.39 is 74.3 Å². The van der Waals surface area contributed by atoms with Gasteiger partial charge in [-0.25, -0.2) is 42.8 Å². The summed E-state index contributed by atoms with van der Waals surface area (Å²) in [5.74, 6) is -3.45. The molecule has 0 bridgehead atoms. The number of amides is 1. The number of pyridine rings is 4. The summed E-state index contributed by atoms with van der Waals surface area (Å²) >= 11 is 9.34. The summed E-state index contributed by atoms with van der Waals surface area (Å²) in [7, 11) is -10.1. The molecule has 40 heteroatoms. The molecule has 0 spiro atoms. The molecule has 8 aromatic heterocycles. The molecule has 560 valence electrons. The van der Waals surface area contributed by atoms with Gasteiger partial charge in [0.2, 0.25) is 5.91 Å². The number of halogens is 4. The van der Waals surface area contributed by atoms with Crippen LogP contribution in [-0.4, -0.2) is 102 Å². The minimum atomic E-state index is -3.41. The number of thiophene rings is 4. The molecule has 5 aromatic carbocycles. The number of nitro benzene ring substituents is 2. The van der Waals surface area contributed by atoms with Crippen LogP contribution in [0.15, 0.2) is 189 Å². The number of aliphatic carboxylic acids is 1. The summed E-state index contributed by atoms with van der Waals surface area (Å²) in [4.78, 5) is 69.4. The largest absolute Gasteiger partial charge is 0.481 e. The fourth-order valence-electron chi connectivity index (χ4n) is 8.86. The van der Waals surface area contributed by atoms with E-state index in [4.69, 9.17) is 46.8 Å². The van der Waals surface area contributed by atoms with Crippen LogP contribution in [0.3, 0.4) is 0 Å². The number of anilines is 2. The number of nitrogens with two attached hydrogens (primary N) is 1. The molecule has 0 saturated carbocycles. The summed E-state index contributed by atoms with van der Waals surface area (Å²) in [6.45, 7) is 2.53. The molecular weight excluding hydrogens is 1620 g/mol. The molecule has 0 fully saturated rings. The molecule has 27 nitrogen and oxygen atoms in total. The van der Waals surface area contributed by atoms with Crippen LogP contribution in [0.5, 0.6) is 46.0 Å². The first-order chi connectivity index (χ1) is 50.5. The number of nitro groups is 2. The minimum Gasteiger partial charge on any atom is -0.481 e. The number of nitrogen functional groups attached to an aromatic ring is 1. The van der Waals surface area contributed by atoms with Crippen LogP contribution in [0.4, 0.5) is 40.3 Å². The number of nitrogens with zero attached hydrogens (tertiary/aromatic N) is 6. The Kier molecular flexibility index (Phi) is 27.2. The van der Waals surface area contributed by atoms with Crippen molar-refractivity contribution in [1.29, 1.82) is 0 Å². The van der Waals surface area contributed by atoms with Crippen molar-refractivity contribution in [1.82, 2.24) is 25.3 Å². The third-order valence-electron chi connectivity index (χ3n) is 13.6. The molecule has 13 aromatic rings. The van der Waals surface area contributed by atoms with Crippen molar-refractivity contribution in [3.63, 3.8) is 0 Å². The van der Waals surface area contributed by atoms with Gasteiger partial charge in [0.25, 0.3) is 17.3 Å². The Bertz CT molecular complexity index is 5990. The van der Waals surface area contributed by atoms with Crippen molar-refractivity contribution in [3.8, 4) is 46.0 Å². The van der Waals surface area contributed by atoms with E-state index in [0.717, 1.165) is 102 Å². The predicted molar refractivity (Wildman–Crippen MR) is 399 cm³/mol. The summed E-state index contributed by atoms with van der Waals surface area (Å²) in [6, 6.07) is 35.7. The Balaban J connectivity index is 0.000000180. The number of rotatable bonds is 17. The van der Waals surface area contributed by atoms with Gasteiger partial charge < -0.3 is 40.4 Å². The maximum Gasteiger partial charge on any atom is 0.300 e. The summed E-state index contributed by atoms with van der Waals surface area (Å²) in [6.07, 6.45) is 9.29. The number of aromatic nitrogens is 4. The van der Waals surface area contributed by atoms with Crippen LogP contribution in [0, 0.1) is 43.5 Å². The maximum atomic E-state index is 14.7. The Morgan fingerprint density at radius 2 is 0.843 bits per heavy atom. The third-order valence-corrected chi connectivity index (χ3v) is 23.9. The van der Waals surface area contributed by atoms with Gasteiger partial charge in [0, 0.05) is 127 Å². The van der Waals surface area contributed by atoms with Gasteiger partial charge in [0.1, 0.15) is 35.6 Å². The first-order valence-corrected chi connectivity index (χ1v) is 39.3. The first-order valence-electron chi connectivity index (χ1n) is 29.9. The summed E-state index contributed by atoms with van der Waals surface area (Å²) in [5, 5.41) is 34.0. The second-order valence-corrected chi connectivity index (χ2v) is 33.3. The van der Waals surface area contributed by atoms with Crippen molar-refractivity contribution in [2.75, 3.05) is 29.8 Å². The molecule has 0 aliphatic heterocycles. The van der Waals surface area contributed by atoms with Gasteiger partial charge in [0.05, 0.1) is 74.1 Å². The van der Waals surface area contributed by atoms with Crippen molar-refractivity contribution in [3.05, 3.63) is 230 Å². The maximum absolute atomic E-state index is 14.7. The van der Waals surface area contributed by atoms with Crippen molar-refractivity contribution >= 4 is 173 Å². The average molecular weight is 1670 g/mol. The van der Waals surface area contributed by atoms with E-state index >= 15 is 0 Å². The number of benzene rings is 5. The van der Waals surface area contributed by atoms with Crippen LogP contribution in [0.25, 0.3) is 40.9 Å².